The van der Waals surface area contributed by atoms with Gasteiger partial charge in [0.1, 0.15) is 11.1 Å². The average Bonchev–Trinajstić information content (AvgIpc) is 2.39. The molecule has 4 nitrogen and oxygen atoms in total. The molecule has 0 radical (unpaired) electrons. The topological polar surface area (TPSA) is 63.2 Å². The van der Waals surface area contributed by atoms with Gasteiger partial charge in [-0.2, -0.15) is 0 Å². The van der Waals surface area contributed by atoms with E-state index in [0.717, 1.165) is 0 Å². The second-order valence-corrected chi connectivity index (χ2v) is 8.12. The number of halogens is 1. The number of carbonyl (C=O) groups is 1. The Bertz CT molecular complexity index is 594. The molecule has 1 atom stereocenters. The molecule has 21 heavy (non-hydrogen) atoms. The zero-order chi connectivity index (χ0) is 16.3. The lowest BCUT2D eigenvalue weighted by Gasteiger charge is -2.26. The largest absolute Gasteiger partial charge is 0.350 e. The van der Waals surface area contributed by atoms with Crippen LogP contribution in [0.25, 0.3) is 0 Å². The fraction of sp³-hybridized carbons (Fsp3) is 0.533. The van der Waals surface area contributed by atoms with Crippen LogP contribution in [0.5, 0.6) is 0 Å². The molecule has 0 aliphatic rings. The predicted molar refractivity (Wildman–Crippen MR) is 81.0 cm³/mol. The molecule has 0 fully saturated rings. The van der Waals surface area contributed by atoms with Crippen molar-refractivity contribution >= 4 is 15.7 Å². The smallest absolute Gasteiger partial charge is 0.238 e. The van der Waals surface area contributed by atoms with E-state index in [2.05, 4.69) is 5.32 Å². The van der Waals surface area contributed by atoms with E-state index in [1.165, 1.54) is 31.2 Å². The number of sulfone groups is 1. The molecular formula is C15H22FNO3S. The second kappa shape index (κ2) is 6.56. The van der Waals surface area contributed by atoms with E-state index in [4.69, 9.17) is 0 Å². The minimum absolute atomic E-state index is 0.283. The van der Waals surface area contributed by atoms with E-state index in [1.807, 2.05) is 20.8 Å². The van der Waals surface area contributed by atoms with Crippen LogP contribution < -0.4 is 5.32 Å². The fourth-order valence-electron chi connectivity index (χ4n) is 1.62. The molecule has 0 aliphatic carbocycles. The Kier molecular flexibility index (Phi) is 5.50. The Morgan fingerprint density at radius 1 is 1.29 bits per heavy atom. The molecule has 0 aromatic heterocycles. The van der Waals surface area contributed by atoms with Crippen molar-refractivity contribution in [3.05, 3.63) is 35.6 Å². The zero-order valence-corrected chi connectivity index (χ0v) is 13.6. The fourth-order valence-corrected chi connectivity index (χ4v) is 2.92. The highest BCUT2D eigenvalue weighted by molar-refractivity contribution is 7.92. The van der Waals surface area contributed by atoms with Gasteiger partial charge in [0.2, 0.25) is 5.91 Å². The highest BCUT2D eigenvalue weighted by Gasteiger charge is 2.31. The summed E-state index contributed by atoms with van der Waals surface area (Å²) in [5, 5.41) is 1.58. The Balaban J connectivity index is 2.82. The number of benzene rings is 1. The minimum Gasteiger partial charge on any atom is -0.350 e. The molecule has 0 aliphatic heterocycles. The zero-order valence-electron chi connectivity index (χ0n) is 12.8. The summed E-state index contributed by atoms with van der Waals surface area (Å²) in [5.41, 5.74) is 0.0160. The first kappa shape index (κ1) is 17.6. The number of amides is 1. The van der Waals surface area contributed by atoms with Gasteiger partial charge < -0.3 is 5.32 Å². The summed E-state index contributed by atoms with van der Waals surface area (Å²) < 4.78 is 37.3. The van der Waals surface area contributed by atoms with Gasteiger partial charge in [-0.25, -0.2) is 12.8 Å². The van der Waals surface area contributed by atoms with Crippen LogP contribution in [-0.2, 0) is 20.4 Å². The Morgan fingerprint density at radius 3 is 2.29 bits per heavy atom. The van der Waals surface area contributed by atoms with Crippen molar-refractivity contribution in [2.24, 2.45) is 0 Å². The SMILES string of the molecule is CCC(C)(C)NC(=O)C(C)S(=O)(=O)Cc1ccc(F)cc1. The number of nitrogens with one attached hydrogen (secondary N) is 1. The lowest BCUT2D eigenvalue weighted by atomic mass is 10.0. The van der Waals surface area contributed by atoms with Crippen molar-refractivity contribution in [1.29, 1.82) is 0 Å². The van der Waals surface area contributed by atoms with Gasteiger partial charge in [0.05, 0.1) is 5.75 Å². The average molecular weight is 315 g/mol. The molecule has 6 heteroatoms. The van der Waals surface area contributed by atoms with E-state index >= 15 is 0 Å². The molecule has 0 saturated carbocycles. The lowest BCUT2D eigenvalue weighted by molar-refractivity contribution is -0.122. The van der Waals surface area contributed by atoms with Crippen molar-refractivity contribution in [2.45, 2.75) is 50.7 Å². The maximum absolute atomic E-state index is 12.8. The van der Waals surface area contributed by atoms with Crippen LogP contribution in [0.3, 0.4) is 0 Å². The van der Waals surface area contributed by atoms with Crippen LogP contribution in [0.4, 0.5) is 4.39 Å². The minimum atomic E-state index is -3.64. The van der Waals surface area contributed by atoms with Crippen LogP contribution in [-0.4, -0.2) is 25.1 Å². The highest BCUT2D eigenvalue weighted by Crippen LogP contribution is 2.14. The Hall–Kier alpha value is -1.43. The van der Waals surface area contributed by atoms with Crippen LogP contribution in [0.1, 0.15) is 39.7 Å². The van der Waals surface area contributed by atoms with Gasteiger partial charge in [0, 0.05) is 5.54 Å². The third kappa shape index (κ3) is 5.12. The van der Waals surface area contributed by atoms with Crippen LogP contribution >= 0.6 is 0 Å². The molecule has 1 aromatic rings. The van der Waals surface area contributed by atoms with Crippen molar-refractivity contribution in [3.63, 3.8) is 0 Å². The normalized spacial score (nSPS) is 13.8. The van der Waals surface area contributed by atoms with E-state index in [9.17, 15) is 17.6 Å². The first-order chi connectivity index (χ1) is 9.57. The van der Waals surface area contributed by atoms with Gasteiger partial charge in [0.15, 0.2) is 9.84 Å². The molecule has 0 spiro atoms. The molecule has 1 amide bonds. The number of carbonyl (C=O) groups excluding carboxylic acids is 1. The van der Waals surface area contributed by atoms with E-state index in [0.29, 0.717) is 12.0 Å². The second-order valence-electron chi connectivity index (χ2n) is 5.80. The molecule has 0 bridgehead atoms. The molecule has 0 heterocycles. The molecule has 1 aromatic carbocycles. The Morgan fingerprint density at radius 2 is 1.81 bits per heavy atom. The summed E-state index contributed by atoms with van der Waals surface area (Å²) >= 11 is 0. The number of rotatable bonds is 6. The third-order valence-corrected chi connectivity index (χ3v) is 5.56. The molecule has 0 saturated heterocycles. The van der Waals surface area contributed by atoms with Gasteiger partial charge in [-0.05, 0) is 44.9 Å². The molecular weight excluding hydrogens is 293 g/mol. The number of hydrogen-bond acceptors (Lipinski definition) is 3. The van der Waals surface area contributed by atoms with E-state index < -0.39 is 32.4 Å². The number of hydrogen-bond donors (Lipinski definition) is 1. The Labute approximate surface area is 125 Å². The van der Waals surface area contributed by atoms with Gasteiger partial charge in [0.25, 0.3) is 0 Å². The summed E-state index contributed by atoms with van der Waals surface area (Å²) in [7, 11) is -3.64. The molecule has 1 rings (SSSR count). The summed E-state index contributed by atoms with van der Waals surface area (Å²) in [6.07, 6.45) is 0.698. The first-order valence-electron chi connectivity index (χ1n) is 6.85. The van der Waals surface area contributed by atoms with E-state index in [-0.39, 0.29) is 5.75 Å². The lowest BCUT2D eigenvalue weighted by Crippen LogP contribution is -2.48. The third-order valence-electron chi connectivity index (χ3n) is 3.53. The molecule has 1 unspecified atom stereocenters. The van der Waals surface area contributed by atoms with Gasteiger partial charge >= 0.3 is 0 Å². The quantitative estimate of drug-likeness (QED) is 0.877. The van der Waals surface area contributed by atoms with Crippen molar-refractivity contribution < 1.29 is 17.6 Å². The van der Waals surface area contributed by atoms with E-state index in [1.54, 1.807) is 0 Å². The predicted octanol–water partition coefficient (Wildman–Crippen LogP) is 2.43. The van der Waals surface area contributed by atoms with Gasteiger partial charge in [-0.1, -0.05) is 19.1 Å². The summed E-state index contributed by atoms with van der Waals surface area (Å²) in [4.78, 5) is 12.1. The summed E-state index contributed by atoms with van der Waals surface area (Å²) in [6, 6.07) is 5.23. The van der Waals surface area contributed by atoms with Gasteiger partial charge in [-0.3, -0.25) is 4.79 Å². The maximum atomic E-state index is 12.8. The molecule has 1 N–H and O–H groups in total. The van der Waals surface area contributed by atoms with Gasteiger partial charge in [-0.15, -0.1) is 0 Å². The maximum Gasteiger partial charge on any atom is 0.238 e. The monoisotopic (exact) mass is 315 g/mol. The van der Waals surface area contributed by atoms with Crippen molar-refractivity contribution in [1.82, 2.24) is 5.32 Å². The first-order valence-corrected chi connectivity index (χ1v) is 8.57. The summed E-state index contributed by atoms with van der Waals surface area (Å²) in [6.45, 7) is 6.96. The van der Waals surface area contributed by atoms with Crippen molar-refractivity contribution in [3.8, 4) is 0 Å². The van der Waals surface area contributed by atoms with Crippen LogP contribution in [0.2, 0.25) is 0 Å². The standard InChI is InChI=1S/C15H22FNO3S/c1-5-15(3,4)17-14(18)11(2)21(19,20)10-12-6-8-13(16)9-7-12/h6-9,11H,5,10H2,1-4H3,(H,17,18). The van der Waals surface area contributed by atoms with Crippen LogP contribution in [0, 0.1) is 5.82 Å². The summed E-state index contributed by atoms with van der Waals surface area (Å²) in [5.74, 6) is -1.22. The van der Waals surface area contributed by atoms with Crippen molar-refractivity contribution in [2.75, 3.05) is 0 Å². The highest BCUT2D eigenvalue weighted by atomic mass is 32.2. The molecule has 118 valence electrons. The van der Waals surface area contributed by atoms with Crippen LogP contribution in [0.15, 0.2) is 24.3 Å².